The van der Waals surface area contributed by atoms with E-state index in [2.05, 4.69) is 13.0 Å². The van der Waals surface area contributed by atoms with Crippen LogP contribution in [0, 0.1) is 0 Å². The molecular weight excluding hydrogens is 360 g/mol. The van der Waals surface area contributed by atoms with E-state index in [9.17, 15) is 15.0 Å². The van der Waals surface area contributed by atoms with Gasteiger partial charge in [0, 0.05) is 6.92 Å². The first-order chi connectivity index (χ1) is 13.0. The molecule has 0 heterocycles. The molecule has 0 aromatic heterocycles. The summed E-state index contributed by atoms with van der Waals surface area (Å²) in [6.07, 6.45) is 7.40. The van der Waals surface area contributed by atoms with Crippen LogP contribution in [0.5, 0.6) is 0 Å². The number of hydrogen-bond donors (Lipinski definition) is 4. The summed E-state index contributed by atoms with van der Waals surface area (Å²) >= 11 is 0. The molecule has 0 aromatic carbocycles. The molecule has 0 radical (unpaired) electrons. The van der Waals surface area contributed by atoms with Gasteiger partial charge in [-0.05, 0) is 65.4 Å². The van der Waals surface area contributed by atoms with Gasteiger partial charge in [-0.15, -0.1) is 0 Å². The van der Waals surface area contributed by atoms with Gasteiger partial charge in [0.1, 0.15) is 0 Å². The molecule has 0 spiro atoms. The maximum atomic E-state index is 11.2. The van der Waals surface area contributed by atoms with Gasteiger partial charge in [-0.1, -0.05) is 29.4 Å². The molecule has 0 aromatic rings. The second-order valence-electron chi connectivity index (χ2n) is 7.84. The van der Waals surface area contributed by atoms with Gasteiger partial charge in [-0.3, -0.25) is 4.79 Å². The van der Waals surface area contributed by atoms with E-state index in [1.54, 1.807) is 6.08 Å². The first kappa shape index (κ1) is 26.5. The van der Waals surface area contributed by atoms with Crippen LogP contribution in [0.25, 0.3) is 0 Å². The zero-order valence-electron chi connectivity index (χ0n) is 17.9. The number of ether oxygens (including phenoxy) is 1. The molecular formula is C22H38O6. The molecule has 0 saturated heterocycles. The Labute approximate surface area is 169 Å². The highest BCUT2D eigenvalue weighted by molar-refractivity contribution is 5.66. The number of aliphatic hydroxyl groups is 4. The van der Waals surface area contributed by atoms with Crippen molar-refractivity contribution in [2.24, 2.45) is 0 Å². The summed E-state index contributed by atoms with van der Waals surface area (Å²) in [5, 5.41) is 38.5. The van der Waals surface area contributed by atoms with E-state index < -0.39 is 23.8 Å². The van der Waals surface area contributed by atoms with Crippen LogP contribution in [0.15, 0.2) is 34.9 Å². The lowest BCUT2D eigenvalue weighted by atomic mass is 9.92. The van der Waals surface area contributed by atoms with Crippen molar-refractivity contribution < 1.29 is 30.0 Å². The monoisotopic (exact) mass is 398 g/mol. The van der Waals surface area contributed by atoms with Crippen molar-refractivity contribution in [3.63, 3.8) is 0 Å². The molecule has 0 aliphatic carbocycles. The summed E-state index contributed by atoms with van der Waals surface area (Å²) in [7, 11) is 0. The van der Waals surface area contributed by atoms with Crippen molar-refractivity contribution in [2.75, 3.05) is 13.2 Å². The molecule has 162 valence electrons. The summed E-state index contributed by atoms with van der Waals surface area (Å²) in [6.45, 7) is 8.15. The molecule has 2 unspecified atom stereocenters. The average molecular weight is 399 g/mol. The number of allylic oxidation sites excluding steroid dienone is 3. The fraction of sp³-hybridized carbons (Fsp3) is 0.682. The molecule has 0 aliphatic rings. The van der Waals surface area contributed by atoms with Gasteiger partial charge in [0.2, 0.25) is 0 Å². The normalized spacial score (nSPS) is 16.1. The van der Waals surface area contributed by atoms with Crippen LogP contribution in [0.2, 0.25) is 0 Å². The van der Waals surface area contributed by atoms with Gasteiger partial charge in [0.15, 0.2) is 6.10 Å². The van der Waals surface area contributed by atoms with E-state index >= 15 is 0 Å². The Kier molecular flexibility index (Phi) is 12.9. The third-order valence-electron chi connectivity index (χ3n) is 4.44. The molecule has 2 atom stereocenters. The third kappa shape index (κ3) is 12.1. The molecule has 28 heavy (non-hydrogen) atoms. The Balaban J connectivity index is 4.55. The number of rotatable bonds is 13. The van der Waals surface area contributed by atoms with Crippen molar-refractivity contribution in [1.82, 2.24) is 0 Å². The van der Waals surface area contributed by atoms with Gasteiger partial charge in [-0.2, -0.15) is 0 Å². The highest BCUT2D eigenvalue weighted by atomic mass is 16.6. The SMILES string of the molecule is CC(=O)OC(C(O)CC(C)=CCCC(C)=CCCC(=CCO)CO)C(C)(C)O. The Morgan fingerprint density at radius 2 is 1.57 bits per heavy atom. The molecule has 0 saturated carbocycles. The Morgan fingerprint density at radius 3 is 2.07 bits per heavy atom. The quantitative estimate of drug-likeness (QED) is 0.281. The molecule has 0 rings (SSSR count). The zero-order valence-corrected chi connectivity index (χ0v) is 17.9. The number of carbonyl (C=O) groups excluding carboxylic acids is 1. The van der Waals surface area contributed by atoms with E-state index in [1.165, 1.54) is 26.3 Å². The minimum atomic E-state index is -1.33. The van der Waals surface area contributed by atoms with E-state index in [0.717, 1.165) is 36.8 Å². The fourth-order valence-electron chi connectivity index (χ4n) is 2.92. The first-order valence-corrected chi connectivity index (χ1v) is 9.79. The maximum absolute atomic E-state index is 11.2. The van der Waals surface area contributed by atoms with Crippen molar-refractivity contribution in [3.05, 3.63) is 34.9 Å². The second kappa shape index (κ2) is 13.7. The highest BCUT2D eigenvalue weighted by Crippen LogP contribution is 2.22. The van der Waals surface area contributed by atoms with E-state index in [-0.39, 0.29) is 13.2 Å². The van der Waals surface area contributed by atoms with Gasteiger partial charge < -0.3 is 25.2 Å². The average Bonchev–Trinajstić information content (AvgIpc) is 2.57. The minimum absolute atomic E-state index is 0.0311. The molecule has 6 heteroatoms. The number of carbonyl (C=O) groups is 1. The maximum Gasteiger partial charge on any atom is 0.303 e. The third-order valence-corrected chi connectivity index (χ3v) is 4.44. The smallest absolute Gasteiger partial charge is 0.303 e. The predicted octanol–water partition coefficient (Wildman–Crippen LogP) is 2.80. The van der Waals surface area contributed by atoms with Crippen LogP contribution in [-0.4, -0.2) is 57.4 Å². The van der Waals surface area contributed by atoms with Crippen molar-refractivity contribution in [1.29, 1.82) is 0 Å². The van der Waals surface area contributed by atoms with Gasteiger partial charge >= 0.3 is 5.97 Å². The van der Waals surface area contributed by atoms with Crippen LogP contribution in [0.4, 0.5) is 0 Å². The van der Waals surface area contributed by atoms with E-state index in [4.69, 9.17) is 14.9 Å². The first-order valence-electron chi connectivity index (χ1n) is 9.79. The van der Waals surface area contributed by atoms with Crippen LogP contribution < -0.4 is 0 Å². The Morgan fingerprint density at radius 1 is 1.00 bits per heavy atom. The van der Waals surface area contributed by atoms with Crippen molar-refractivity contribution in [3.8, 4) is 0 Å². The van der Waals surface area contributed by atoms with Crippen LogP contribution in [0.1, 0.15) is 66.7 Å². The van der Waals surface area contributed by atoms with Gasteiger partial charge in [0.05, 0.1) is 24.9 Å². The van der Waals surface area contributed by atoms with Crippen molar-refractivity contribution >= 4 is 5.97 Å². The van der Waals surface area contributed by atoms with E-state index in [0.29, 0.717) is 6.42 Å². The fourth-order valence-corrected chi connectivity index (χ4v) is 2.92. The second-order valence-corrected chi connectivity index (χ2v) is 7.84. The lowest BCUT2D eigenvalue weighted by molar-refractivity contribution is -0.173. The van der Waals surface area contributed by atoms with Crippen molar-refractivity contribution in [2.45, 2.75) is 84.5 Å². The summed E-state index contributed by atoms with van der Waals surface area (Å²) in [4.78, 5) is 11.2. The molecule has 0 aliphatic heterocycles. The predicted molar refractivity (Wildman–Crippen MR) is 111 cm³/mol. The molecule has 6 nitrogen and oxygen atoms in total. The highest BCUT2D eigenvalue weighted by Gasteiger charge is 2.36. The summed E-state index contributed by atoms with van der Waals surface area (Å²) in [5.74, 6) is -0.535. The summed E-state index contributed by atoms with van der Waals surface area (Å²) in [6, 6.07) is 0. The number of aliphatic hydroxyl groups excluding tert-OH is 3. The minimum Gasteiger partial charge on any atom is -0.457 e. The largest absolute Gasteiger partial charge is 0.457 e. The molecule has 0 amide bonds. The van der Waals surface area contributed by atoms with Gasteiger partial charge in [0.25, 0.3) is 0 Å². The molecule has 0 fully saturated rings. The summed E-state index contributed by atoms with van der Waals surface area (Å²) in [5.41, 5.74) is 1.71. The topological polar surface area (TPSA) is 107 Å². The van der Waals surface area contributed by atoms with E-state index in [1.807, 2.05) is 13.0 Å². The summed E-state index contributed by atoms with van der Waals surface area (Å²) < 4.78 is 5.10. The lowest BCUT2D eigenvalue weighted by Gasteiger charge is -2.32. The van der Waals surface area contributed by atoms with Crippen LogP contribution in [-0.2, 0) is 9.53 Å². The van der Waals surface area contributed by atoms with Crippen LogP contribution in [0.3, 0.4) is 0 Å². The Hall–Kier alpha value is -1.47. The number of esters is 1. The van der Waals surface area contributed by atoms with Crippen LogP contribution >= 0.6 is 0 Å². The molecule has 4 N–H and O–H groups in total. The zero-order chi connectivity index (χ0) is 21.7. The Bertz CT molecular complexity index is 554. The van der Waals surface area contributed by atoms with Gasteiger partial charge in [-0.25, -0.2) is 0 Å². The standard InChI is InChI=1S/C22H38O6/c1-16(9-7-11-19(15-24)12-13-23)8-6-10-17(2)14-20(26)21(22(4,5)27)28-18(3)25/h9-10,12,20-21,23-24,26-27H,6-8,11,13-15H2,1-5H3. The number of hydrogen-bond acceptors (Lipinski definition) is 6. The molecule has 0 bridgehead atoms. The lowest BCUT2D eigenvalue weighted by Crippen LogP contribution is -2.47.